The summed E-state index contributed by atoms with van der Waals surface area (Å²) in [5.74, 6) is -0.104. The first kappa shape index (κ1) is 15.6. The van der Waals surface area contributed by atoms with Crippen molar-refractivity contribution in [2.24, 2.45) is 0 Å². The molecule has 0 spiro atoms. The van der Waals surface area contributed by atoms with Gasteiger partial charge in [-0.15, -0.1) is 0 Å². The van der Waals surface area contributed by atoms with Crippen LogP contribution in [-0.2, 0) is 12.6 Å². The molecule has 7 heteroatoms. The Morgan fingerprint density at radius 3 is 2.50 bits per heavy atom. The molecule has 1 aromatic rings. The normalized spacial score (nSPS) is 17.4. The van der Waals surface area contributed by atoms with Crippen LogP contribution in [0.2, 0.25) is 0 Å². The van der Waals surface area contributed by atoms with Gasteiger partial charge in [-0.1, -0.05) is 0 Å². The summed E-state index contributed by atoms with van der Waals surface area (Å²) < 4.78 is 38.3. The van der Waals surface area contributed by atoms with Gasteiger partial charge in [-0.3, -0.25) is 0 Å². The molecule has 112 valence electrons. The SMILES string of the molecule is Oc1c(Br)cc(C(F)(F)F)cc1CCN1CCNCC1. The van der Waals surface area contributed by atoms with Gasteiger partial charge in [0.05, 0.1) is 10.0 Å². The van der Waals surface area contributed by atoms with Gasteiger partial charge < -0.3 is 15.3 Å². The maximum absolute atomic E-state index is 12.8. The first-order valence-corrected chi connectivity index (χ1v) is 7.19. The Bertz CT molecular complexity index is 473. The standard InChI is InChI=1S/C13H16BrF3N2O/c14-11-8-10(13(15,16)17)7-9(12(11)20)1-4-19-5-2-18-3-6-19/h7-8,18,20H,1-6H2. The smallest absolute Gasteiger partial charge is 0.416 e. The number of phenols is 1. The van der Waals surface area contributed by atoms with E-state index in [4.69, 9.17) is 0 Å². The molecular weight excluding hydrogens is 337 g/mol. The lowest BCUT2D eigenvalue weighted by Crippen LogP contribution is -2.44. The Hall–Kier alpha value is -0.790. The van der Waals surface area contributed by atoms with Gasteiger partial charge in [-0.05, 0) is 40.0 Å². The van der Waals surface area contributed by atoms with Gasteiger partial charge in [0.1, 0.15) is 5.75 Å². The number of nitrogens with zero attached hydrogens (tertiary/aromatic N) is 1. The number of nitrogens with one attached hydrogen (secondary N) is 1. The second-order valence-corrected chi connectivity index (χ2v) is 5.66. The van der Waals surface area contributed by atoms with Crippen LogP contribution in [0, 0.1) is 0 Å². The molecule has 1 aliphatic heterocycles. The molecule has 0 saturated carbocycles. The van der Waals surface area contributed by atoms with Crippen LogP contribution in [0.4, 0.5) is 13.2 Å². The average molecular weight is 353 g/mol. The number of piperazine rings is 1. The van der Waals surface area contributed by atoms with E-state index in [2.05, 4.69) is 26.1 Å². The van der Waals surface area contributed by atoms with E-state index < -0.39 is 11.7 Å². The first-order chi connectivity index (χ1) is 9.38. The van der Waals surface area contributed by atoms with Crippen LogP contribution in [0.5, 0.6) is 5.75 Å². The van der Waals surface area contributed by atoms with E-state index in [1.807, 2.05) is 0 Å². The summed E-state index contributed by atoms with van der Waals surface area (Å²) in [5, 5.41) is 13.1. The van der Waals surface area contributed by atoms with Crippen LogP contribution in [0.15, 0.2) is 16.6 Å². The number of hydrogen-bond donors (Lipinski definition) is 2. The molecule has 2 N–H and O–H groups in total. The highest BCUT2D eigenvalue weighted by atomic mass is 79.9. The zero-order valence-corrected chi connectivity index (χ0v) is 12.4. The maximum Gasteiger partial charge on any atom is 0.416 e. The summed E-state index contributed by atoms with van der Waals surface area (Å²) in [6.45, 7) is 4.17. The molecule has 0 aliphatic carbocycles. The van der Waals surface area contributed by atoms with Crippen LogP contribution in [0.3, 0.4) is 0 Å². The van der Waals surface area contributed by atoms with Crippen molar-refractivity contribution in [3.63, 3.8) is 0 Å². The molecule has 0 bridgehead atoms. The molecule has 0 unspecified atom stereocenters. The van der Waals surface area contributed by atoms with Crippen molar-refractivity contribution in [2.45, 2.75) is 12.6 Å². The fourth-order valence-corrected chi connectivity index (χ4v) is 2.72. The molecule has 0 amide bonds. The summed E-state index contributed by atoms with van der Waals surface area (Å²) >= 11 is 2.98. The van der Waals surface area contributed by atoms with Gasteiger partial charge in [-0.2, -0.15) is 13.2 Å². The fraction of sp³-hybridized carbons (Fsp3) is 0.538. The predicted molar refractivity (Wildman–Crippen MR) is 73.8 cm³/mol. The number of rotatable bonds is 3. The zero-order chi connectivity index (χ0) is 14.8. The van der Waals surface area contributed by atoms with Gasteiger partial charge >= 0.3 is 6.18 Å². The molecule has 0 aromatic heterocycles. The van der Waals surface area contributed by atoms with Gasteiger partial charge in [0.25, 0.3) is 0 Å². The largest absolute Gasteiger partial charge is 0.506 e. The summed E-state index contributed by atoms with van der Waals surface area (Å²) in [7, 11) is 0. The van der Waals surface area contributed by atoms with Crippen molar-refractivity contribution in [3.05, 3.63) is 27.7 Å². The predicted octanol–water partition coefficient (Wildman–Crippen LogP) is 2.62. The van der Waals surface area contributed by atoms with Crippen LogP contribution in [-0.4, -0.2) is 42.7 Å². The van der Waals surface area contributed by atoms with Crippen LogP contribution in [0.1, 0.15) is 11.1 Å². The Kier molecular flexibility index (Phi) is 4.93. The highest BCUT2D eigenvalue weighted by Crippen LogP contribution is 2.37. The Labute approximate surface area is 123 Å². The summed E-state index contributed by atoms with van der Waals surface area (Å²) in [6.07, 6.45) is -4.01. The lowest BCUT2D eigenvalue weighted by atomic mass is 10.1. The van der Waals surface area contributed by atoms with Gasteiger partial charge in [0, 0.05) is 32.7 Å². The number of halogens is 4. The highest BCUT2D eigenvalue weighted by Gasteiger charge is 2.32. The van der Waals surface area contributed by atoms with Crippen molar-refractivity contribution in [1.82, 2.24) is 10.2 Å². The molecule has 1 heterocycles. The number of hydrogen-bond acceptors (Lipinski definition) is 3. The van der Waals surface area contributed by atoms with Gasteiger partial charge in [0.2, 0.25) is 0 Å². The Balaban J connectivity index is 2.11. The quantitative estimate of drug-likeness (QED) is 0.877. The minimum Gasteiger partial charge on any atom is -0.506 e. The van der Waals surface area contributed by atoms with E-state index in [1.165, 1.54) is 0 Å². The van der Waals surface area contributed by atoms with Crippen LogP contribution < -0.4 is 5.32 Å². The molecular formula is C13H16BrF3N2O. The van der Waals surface area contributed by atoms with E-state index in [-0.39, 0.29) is 10.2 Å². The monoisotopic (exact) mass is 352 g/mol. The van der Waals surface area contributed by atoms with E-state index >= 15 is 0 Å². The summed E-state index contributed by atoms with van der Waals surface area (Å²) in [6, 6.07) is 1.94. The third-order valence-electron chi connectivity index (χ3n) is 3.38. The zero-order valence-electron chi connectivity index (χ0n) is 10.8. The van der Waals surface area contributed by atoms with Crippen molar-refractivity contribution >= 4 is 15.9 Å². The topological polar surface area (TPSA) is 35.5 Å². The van der Waals surface area contributed by atoms with E-state index in [0.717, 1.165) is 38.3 Å². The number of alkyl halides is 3. The van der Waals surface area contributed by atoms with E-state index in [0.29, 0.717) is 18.5 Å². The van der Waals surface area contributed by atoms with Gasteiger partial charge in [-0.25, -0.2) is 0 Å². The van der Waals surface area contributed by atoms with Crippen LogP contribution >= 0.6 is 15.9 Å². The van der Waals surface area contributed by atoms with Crippen molar-refractivity contribution in [3.8, 4) is 5.75 Å². The van der Waals surface area contributed by atoms with Crippen molar-refractivity contribution < 1.29 is 18.3 Å². The molecule has 1 aromatic carbocycles. The molecule has 1 saturated heterocycles. The molecule has 0 atom stereocenters. The highest BCUT2D eigenvalue weighted by molar-refractivity contribution is 9.10. The fourth-order valence-electron chi connectivity index (χ4n) is 2.22. The maximum atomic E-state index is 12.8. The van der Waals surface area contributed by atoms with E-state index in [9.17, 15) is 18.3 Å². The van der Waals surface area contributed by atoms with Crippen molar-refractivity contribution in [1.29, 1.82) is 0 Å². The third-order valence-corrected chi connectivity index (χ3v) is 3.98. The molecule has 0 radical (unpaired) electrons. The third kappa shape index (κ3) is 3.86. The molecule has 1 fully saturated rings. The Morgan fingerprint density at radius 1 is 1.25 bits per heavy atom. The second-order valence-electron chi connectivity index (χ2n) is 4.81. The molecule has 2 rings (SSSR count). The molecule has 3 nitrogen and oxygen atoms in total. The number of benzene rings is 1. The second kappa shape index (κ2) is 6.32. The molecule has 20 heavy (non-hydrogen) atoms. The average Bonchev–Trinajstić information content (AvgIpc) is 2.40. The van der Waals surface area contributed by atoms with Crippen LogP contribution in [0.25, 0.3) is 0 Å². The lowest BCUT2D eigenvalue weighted by Gasteiger charge is -2.27. The minimum absolute atomic E-state index is 0.0858. The number of aromatic hydroxyl groups is 1. The lowest BCUT2D eigenvalue weighted by molar-refractivity contribution is -0.137. The minimum atomic E-state index is -4.40. The summed E-state index contributed by atoms with van der Waals surface area (Å²) in [4.78, 5) is 2.17. The number of phenolic OH excluding ortho intramolecular Hbond substituents is 1. The van der Waals surface area contributed by atoms with Gasteiger partial charge in [0.15, 0.2) is 0 Å². The van der Waals surface area contributed by atoms with E-state index in [1.54, 1.807) is 0 Å². The van der Waals surface area contributed by atoms with Crippen molar-refractivity contribution in [2.75, 3.05) is 32.7 Å². The summed E-state index contributed by atoms with van der Waals surface area (Å²) in [5.41, 5.74) is -0.414. The first-order valence-electron chi connectivity index (χ1n) is 6.39. The Morgan fingerprint density at radius 2 is 1.90 bits per heavy atom. The molecule has 1 aliphatic rings.